The first-order valence-electron chi connectivity index (χ1n) is 13.4. The lowest BCUT2D eigenvalue weighted by atomic mass is 9.83. The first-order valence-corrected chi connectivity index (χ1v) is 13.4. The normalized spacial score (nSPS) is 24.2. The summed E-state index contributed by atoms with van der Waals surface area (Å²) < 4.78 is 13.8. The van der Waals surface area contributed by atoms with Gasteiger partial charge in [0.25, 0.3) is 0 Å². The summed E-state index contributed by atoms with van der Waals surface area (Å²) in [4.78, 5) is 0. The van der Waals surface area contributed by atoms with Crippen molar-refractivity contribution in [2.24, 2.45) is 0 Å². The van der Waals surface area contributed by atoms with Gasteiger partial charge in [-0.15, -0.1) is 5.10 Å². The summed E-state index contributed by atoms with van der Waals surface area (Å²) in [5.74, 6) is 1.30. The van der Waals surface area contributed by atoms with E-state index in [9.17, 15) is 25.5 Å². The molecule has 216 valence electrons. The molecule has 11 nitrogen and oxygen atoms in total. The highest BCUT2D eigenvalue weighted by molar-refractivity contribution is 5.39. The number of aromatic nitrogens is 3. The molecular weight excluding hydrogens is 528 g/mol. The molecule has 0 bridgehead atoms. The summed E-state index contributed by atoms with van der Waals surface area (Å²) in [6.07, 6.45) is -6.10. The van der Waals surface area contributed by atoms with Crippen LogP contribution in [0, 0.1) is 0 Å². The molecule has 1 heterocycles. The second-order valence-corrected chi connectivity index (χ2v) is 10.1. The molecule has 1 aliphatic carbocycles. The summed E-state index contributed by atoms with van der Waals surface area (Å²) in [6.45, 7) is 1.28. The SMILES string of the molecule is OC1[C@@H](O)[C@H](O)C(NCc2cn(Cc3cc(OCc4ccccc4)cc(OCc4ccccc4)c3)nn2)[C@H](O)[C@H]1O. The minimum Gasteiger partial charge on any atom is -0.489 e. The molecule has 2 unspecified atom stereocenters. The van der Waals surface area contributed by atoms with Crippen LogP contribution in [-0.4, -0.2) is 77.1 Å². The number of benzene rings is 3. The fourth-order valence-electron chi connectivity index (χ4n) is 4.75. The molecule has 5 rings (SSSR count). The monoisotopic (exact) mass is 562 g/mol. The zero-order valence-electron chi connectivity index (χ0n) is 22.3. The number of nitrogens with zero attached hydrogens (tertiary/aromatic N) is 3. The van der Waals surface area contributed by atoms with Gasteiger partial charge < -0.3 is 40.3 Å². The van der Waals surface area contributed by atoms with E-state index < -0.39 is 36.6 Å². The van der Waals surface area contributed by atoms with Crippen molar-refractivity contribution in [3.8, 4) is 11.5 Å². The highest BCUT2D eigenvalue weighted by Gasteiger charge is 2.47. The summed E-state index contributed by atoms with van der Waals surface area (Å²) in [5.41, 5.74) is 3.47. The lowest BCUT2D eigenvalue weighted by molar-refractivity contribution is -0.190. The number of aliphatic hydroxyl groups excluding tert-OH is 5. The standard InChI is InChI=1S/C30H34N4O7/c35-26-25(27(36)29(38)30(39)28(26)37)31-14-22-16-34(33-32-22)15-21-11-23(40-17-19-7-3-1-4-8-19)13-24(12-21)41-18-20-9-5-2-6-10-20/h1-13,16,25-31,35-39H,14-15,17-18H2/t25?,26-,27+,28+,29-,30?. The molecule has 3 aromatic carbocycles. The van der Waals surface area contributed by atoms with Gasteiger partial charge in [-0.05, 0) is 28.8 Å². The maximum atomic E-state index is 10.3. The van der Waals surface area contributed by atoms with Crippen LogP contribution >= 0.6 is 0 Å². The predicted molar refractivity (Wildman–Crippen MR) is 148 cm³/mol. The summed E-state index contributed by atoms with van der Waals surface area (Å²) in [5, 5.41) is 61.4. The summed E-state index contributed by atoms with van der Waals surface area (Å²) in [7, 11) is 0. The molecule has 0 amide bonds. The second-order valence-electron chi connectivity index (χ2n) is 10.1. The third-order valence-electron chi connectivity index (χ3n) is 7.02. The van der Waals surface area contributed by atoms with Gasteiger partial charge in [-0.3, -0.25) is 0 Å². The molecule has 0 spiro atoms. The lowest BCUT2D eigenvalue weighted by Gasteiger charge is -2.42. The van der Waals surface area contributed by atoms with Crippen molar-refractivity contribution in [2.75, 3.05) is 0 Å². The Labute approximate surface area is 237 Å². The summed E-state index contributed by atoms with van der Waals surface area (Å²) >= 11 is 0. The quantitative estimate of drug-likeness (QED) is 0.154. The van der Waals surface area contributed by atoms with E-state index in [4.69, 9.17) is 9.47 Å². The lowest BCUT2D eigenvalue weighted by Crippen LogP contribution is -2.67. The smallest absolute Gasteiger partial charge is 0.123 e. The zero-order valence-corrected chi connectivity index (χ0v) is 22.3. The maximum Gasteiger partial charge on any atom is 0.123 e. The van der Waals surface area contributed by atoms with E-state index in [0.29, 0.717) is 37.0 Å². The Kier molecular flexibility index (Phi) is 9.24. The third kappa shape index (κ3) is 7.27. The number of hydrogen-bond donors (Lipinski definition) is 6. The highest BCUT2D eigenvalue weighted by atomic mass is 16.5. The molecule has 6 atom stereocenters. The Morgan fingerprint density at radius 3 is 1.71 bits per heavy atom. The topological polar surface area (TPSA) is 162 Å². The molecule has 4 aromatic rings. The summed E-state index contributed by atoms with van der Waals surface area (Å²) in [6, 6.07) is 24.4. The van der Waals surface area contributed by atoms with E-state index in [1.807, 2.05) is 78.9 Å². The Balaban J connectivity index is 1.26. The van der Waals surface area contributed by atoms with E-state index in [-0.39, 0.29) is 6.54 Å². The molecule has 1 aliphatic rings. The Bertz CT molecular complexity index is 1310. The average Bonchev–Trinajstić information content (AvgIpc) is 3.45. The van der Waals surface area contributed by atoms with Gasteiger partial charge in [0.05, 0.1) is 24.5 Å². The van der Waals surface area contributed by atoms with Crippen molar-refractivity contribution >= 4 is 0 Å². The van der Waals surface area contributed by atoms with Crippen LogP contribution in [0.25, 0.3) is 0 Å². The van der Waals surface area contributed by atoms with Crippen molar-refractivity contribution < 1.29 is 35.0 Å². The first kappa shape index (κ1) is 28.7. The van der Waals surface area contributed by atoms with Crippen molar-refractivity contribution in [3.05, 3.63) is 107 Å². The van der Waals surface area contributed by atoms with Crippen molar-refractivity contribution in [2.45, 2.75) is 62.9 Å². The molecule has 0 aliphatic heterocycles. The zero-order chi connectivity index (χ0) is 28.8. The molecule has 11 heteroatoms. The van der Waals surface area contributed by atoms with Crippen molar-refractivity contribution in [1.29, 1.82) is 0 Å². The number of nitrogens with one attached hydrogen (secondary N) is 1. The molecule has 0 saturated heterocycles. The molecule has 1 aromatic heterocycles. The molecule has 1 fully saturated rings. The molecule has 41 heavy (non-hydrogen) atoms. The van der Waals surface area contributed by atoms with Gasteiger partial charge in [0.1, 0.15) is 55.2 Å². The van der Waals surface area contributed by atoms with Gasteiger partial charge in [-0.1, -0.05) is 65.9 Å². The van der Waals surface area contributed by atoms with Gasteiger partial charge in [0.2, 0.25) is 0 Å². The Morgan fingerprint density at radius 2 is 1.17 bits per heavy atom. The van der Waals surface area contributed by atoms with E-state index in [0.717, 1.165) is 16.7 Å². The van der Waals surface area contributed by atoms with Crippen LogP contribution in [0.15, 0.2) is 85.1 Å². The fourth-order valence-corrected chi connectivity index (χ4v) is 4.75. The van der Waals surface area contributed by atoms with Crippen LogP contribution in [0.3, 0.4) is 0 Å². The minimum atomic E-state index is -1.65. The minimum absolute atomic E-state index is 0.0972. The number of hydrogen-bond acceptors (Lipinski definition) is 10. The fraction of sp³-hybridized carbons (Fsp3) is 0.333. The van der Waals surface area contributed by atoms with Gasteiger partial charge in [-0.2, -0.15) is 0 Å². The second kappa shape index (κ2) is 13.2. The van der Waals surface area contributed by atoms with Gasteiger partial charge >= 0.3 is 0 Å². The van der Waals surface area contributed by atoms with Gasteiger partial charge in [0.15, 0.2) is 0 Å². The van der Waals surface area contributed by atoms with E-state index in [2.05, 4.69) is 15.6 Å². The highest BCUT2D eigenvalue weighted by Crippen LogP contribution is 2.26. The van der Waals surface area contributed by atoms with Crippen LogP contribution in [0.2, 0.25) is 0 Å². The van der Waals surface area contributed by atoms with Crippen LogP contribution in [0.4, 0.5) is 0 Å². The largest absolute Gasteiger partial charge is 0.489 e. The molecule has 6 N–H and O–H groups in total. The van der Waals surface area contributed by atoms with Crippen molar-refractivity contribution in [1.82, 2.24) is 20.3 Å². The van der Waals surface area contributed by atoms with Gasteiger partial charge in [0, 0.05) is 12.6 Å². The Morgan fingerprint density at radius 1 is 0.659 bits per heavy atom. The van der Waals surface area contributed by atoms with Crippen LogP contribution in [-0.2, 0) is 26.3 Å². The number of aliphatic hydroxyl groups is 5. The van der Waals surface area contributed by atoms with Crippen LogP contribution in [0.5, 0.6) is 11.5 Å². The average molecular weight is 563 g/mol. The first-order chi connectivity index (χ1) is 19.9. The van der Waals surface area contributed by atoms with Crippen molar-refractivity contribution in [3.63, 3.8) is 0 Å². The van der Waals surface area contributed by atoms with Crippen LogP contribution in [0.1, 0.15) is 22.4 Å². The van der Waals surface area contributed by atoms with Gasteiger partial charge in [-0.25, -0.2) is 4.68 Å². The molecule has 1 saturated carbocycles. The van der Waals surface area contributed by atoms with Crippen LogP contribution < -0.4 is 14.8 Å². The number of ether oxygens (including phenoxy) is 2. The van der Waals surface area contributed by atoms with E-state index in [1.54, 1.807) is 10.9 Å². The van der Waals surface area contributed by atoms with E-state index >= 15 is 0 Å². The molecule has 0 radical (unpaired) electrons. The molecular formula is C30H34N4O7. The van der Waals surface area contributed by atoms with E-state index in [1.165, 1.54) is 0 Å². The maximum absolute atomic E-state index is 10.3. The predicted octanol–water partition coefficient (Wildman–Crippen LogP) is 0.761. The third-order valence-corrected chi connectivity index (χ3v) is 7.02. The Hall–Kier alpha value is -3.84. The number of rotatable bonds is 11.